The molecule has 1 aromatic carbocycles. The van der Waals surface area contributed by atoms with Crippen LogP contribution in [0.1, 0.15) is 0 Å². The van der Waals surface area contributed by atoms with Crippen molar-refractivity contribution in [1.82, 2.24) is 9.78 Å². The number of nitrogens with two attached hydrogens (primary N) is 1. The second-order valence-corrected chi connectivity index (χ2v) is 4.26. The van der Waals surface area contributed by atoms with Crippen molar-refractivity contribution < 1.29 is 0 Å². The molecule has 2 rings (SSSR count). The Balaban J connectivity index is 2.48. The highest BCUT2D eigenvalue weighted by molar-refractivity contribution is 7.98. The highest BCUT2D eigenvalue weighted by Crippen LogP contribution is 2.22. The first-order chi connectivity index (χ1) is 7.20. The fourth-order valence-electron chi connectivity index (χ4n) is 1.29. The Labute approximate surface area is 97.2 Å². The summed E-state index contributed by atoms with van der Waals surface area (Å²) < 4.78 is 1.80. The summed E-state index contributed by atoms with van der Waals surface area (Å²) in [5, 5.41) is 5.93. The number of aromatic nitrogens is 2. The zero-order chi connectivity index (χ0) is 10.8. The third-order valence-electron chi connectivity index (χ3n) is 1.98. The first kappa shape index (κ1) is 10.4. The molecule has 0 aliphatic carbocycles. The van der Waals surface area contributed by atoms with Crippen LogP contribution in [0.15, 0.2) is 35.4 Å². The topological polar surface area (TPSA) is 43.8 Å². The zero-order valence-corrected chi connectivity index (χ0v) is 9.72. The predicted molar refractivity (Wildman–Crippen MR) is 64.8 cm³/mol. The lowest BCUT2D eigenvalue weighted by Crippen LogP contribution is -1.98. The van der Waals surface area contributed by atoms with Crippen molar-refractivity contribution in [3.05, 3.63) is 35.4 Å². The Hall–Kier alpha value is -1.13. The van der Waals surface area contributed by atoms with Crippen LogP contribution in [0.5, 0.6) is 0 Å². The highest BCUT2D eigenvalue weighted by atomic mass is 35.5. The maximum absolute atomic E-state index is 5.82. The fraction of sp³-hybridized carbons (Fsp3) is 0.100. The molecule has 1 aromatic heterocycles. The first-order valence-electron chi connectivity index (χ1n) is 4.36. The average molecular weight is 240 g/mol. The molecule has 0 saturated carbocycles. The molecular formula is C10H10ClN3S. The van der Waals surface area contributed by atoms with E-state index < -0.39 is 0 Å². The van der Waals surface area contributed by atoms with Crippen LogP contribution in [0.4, 0.5) is 5.82 Å². The Morgan fingerprint density at radius 2 is 2.00 bits per heavy atom. The number of nitrogen functional groups attached to an aromatic ring is 1. The minimum absolute atomic E-state index is 0.522. The molecule has 0 bridgehead atoms. The predicted octanol–water partition coefficient (Wildman–Crippen LogP) is 2.83. The molecule has 1 heterocycles. The smallest absolute Gasteiger partial charge is 0.147 e. The monoisotopic (exact) mass is 239 g/mol. The minimum Gasteiger partial charge on any atom is -0.382 e. The first-order valence-corrected chi connectivity index (χ1v) is 5.96. The Morgan fingerprint density at radius 1 is 1.33 bits per heavy atom. The molecule has 0 aliphatic rings. The van der Waals surface area contributed by atoms with Crippen LogP contribution >= 0.6 is 23.4 Å². The third-order valence-corrected chi connectivity index (χ3v) is 2.94. The summed E-state index contributed by atoms with van der Waals surface area (Å²) in [5.41, 5.74) is 6.61. The molecule has 0 radical (unpaired) electrons. The van der Waals surface area contributed by atoms with Gasteiger partial charge < -0.3 is 5.73 Å². The van der Waals surface area contributed by atoms with Crippen LogP contribution in [0.2, 0.25) is 5.02 Å². The Morgan fingerprint density at radius 3 is 2.60 bits per heavy atom. The van der Waals surface area contributed by atoms with Gasteiger partial charge in [-0.25, -0.2) is 4.68 Å². The van der Waals surface area contributed by atoms with Crippen molar-refractivity contribution in [3.63, 3.8) is 0 Å². The van der Waals surface area contributed by atoms with Crippen LogP contribution in [0.3, 0.4) is 0 Å². The summed E-state index contributed by atoms with van der Waals surface area (Å²) in [6, 6.07) is 9.33. The van der Waals surface area contributed by atoms with Gasteiger partial charge in [0, 0.05) is 11.1 Å². The van der Waals surface area contributed by atoms with Crippen molar-refractivity contribution >= 4 is 29.2 Å². The van der Waals surface area contributed by atoms with Crippen molar-refractivity contribution in [2.24, 2.45) is 0 Å². The molecule has 78 valence electrons. The number of benzene rings is 1. The number of halogens is 1. The molecule has 0 atom stereocenters. The average Bonchev–Trinajstić information content (AvgIpc) is 2.61. The normalized spacial score (nSPS) is 10.5. The van der Waals surface area contributed by atoms with Crippen LogP contribution in [0, 0.1) is 0 Å². The maximum atomic E-state index is 5.82. The lowest BCUT2D eigenvalue weighted by atomic mass is 10.3. The Bertz CT molecular complexity index is 464. The second kappa shape index (κ2) is 4.16. The van der Waals surface area contributed by atoms with Crippen LogP contribution < -0.4 is 5.73 Å². The molecule has 3 nitrogen and oxygen atoms in total. The van der Waals surface area contributed by atoms with E-state index in [9.17, 15) is 0 Å². The summed E-state index contributed by atoms with van der Waals surface area (Å²) in [4.78, 5) is 0. The van der Waals surface area contributed by atoms with E-state index in [0.29, 0.717) is 10.8 Å². The third kappa shape index (κ3) is 2.11. The van der Waals surface area contributed by atoms with Gasteiger partial charge in [0.25, 0.3) is 0 Å². The fourth-order valence-corrected chi connectivity index (χ4v) is 1.98. The second-order valence-electron chi connectivity index (χ2n) is 3.00. The lowest BCUT2D eigenvalue weighted by Gasteiger charge is -2.04. The summed E-state index contributed by atoms with van der Waals surface area (Å²) >= 11 is 7.42. The van der Waals surface area contributed by atoms with Crippen LogP contribution in [-0.2, 0) is 0 Å². The molecule has 15 heavy (non-hydrogen) atoms. The van der Waals surface area contributed by atoms with Gasteiger partial charge in [-0.15, -0.1) is 16.9 Å². The van der Waals surface area contributed by atoms with Gasteiger partial charge >= 0.3 is 0 Å². The van der Waals surface area contributed by atoms with Crippen molar-refractivity contribution in [2.75, 3.05) is 12.0 Å². The molecular weight excluding hydrogens is 230 g/mol. The van der Waals surface area contributed by atoms with Crippen molar-refractivity contribution in [1.29, 1.82) is 0 Å². The number of nitrogens with zero attached hydrogens (tertiary/aromatic N) is 2. The highest BCUT2D eigenvalue weighted by Gasteiger charge is 2.06. The maximum Gasteiger partial charge on any atom is 0.147 e. The van der Waals surface area contributed by atoms with Gasteiger partial charge in [0.05, 0.1) is 5.69 Å². The van der Waals surface area contributed by atoms with E-state index in [1.807, 2.05) is 36.6 Å². The molecule has 0 saturated heterocycles. The molecule has 0 unspecified atom stereocenters. The molecule has 0 spiro atoms. The van der Waals surface area contributed by atoms with E-state index in [1.165, 1.54) is 0 Å². The largest absolute Gasteiger partial charge is 0.382 e. The molecule has 0 aliphatic heterocycles. The summed E-state index contributed by atoms with van der Waals surface area (Å²) in [6.45, 7) is 0. The number of rotatable bonds is 2. The van der Waals surface area contributed by atoms with Gasteiger partial charge in [-0.3, -0.25) is 0 Å². The molecule has 0 fully saturated rings. The molecule has 2 N–H and O–H groups in total. The molecule has 5 heteroatoms. The molecule has 0 amide bonds. The van der Waals surface area contributed by atoms with Gasteiger partial charge in [-0.2, -0.15) is 0 Å². The van der Waals surface area contributed by atoms with Crippen molar-refractivity contribution in [2.45, 2.75) is 5.03 Å². The van der Waals surface area contributed by atoms with Crippen LogP contribution in [0.25, 0.3) is 5.69 Å². The summed E-state index contributed by atoms with van der Waals surface area (Å²) in [6.07, 6.45) is 1.99. The quantitative estimate of drug-likeness (QED) is 0.820. The van der Waals surface area contributed by atoms with Gasteiger partial charge in [-0.1, -0.05) is 11.6 Å². The zero-order valence-electron chi connectivity index (χ0n) is 8.14. The van der Waals surface area contributed by atoms with E-state index in [0.717, 1.165) is 10.7 Å². The number of hydrogen-bond donors (Lipinski definition) is 1. The molecule has 2 aromatic rings. The van der Waals surface area contributed by atoms with Gasteiger partial charge in [0.1, 0.15) is 10.8 Å². The van der Waals surface area contributed by atoms with E-state index in [-0.39, 0.29) is 0 Å². The number of anilines is 1. The number of hydrogen-bond acceptors (Lipinski definition) is 3. The van der Waals surface area contributed by atoms with E-state index >= 15 is 0 Å². The Kier molecular flexibility index (Phi) is 2.88. The van der Waals surface area contributed by atoms with E-state index in [1.54, 1.807) is 16.4 Å². The van der Waals surface area contributed by atoms with E-state index in [2.05, 4.69) is 5.10 Å². The van der Waals surface area contributed by atoms with E-state index in [4.69, 9.17) is 17.3 Å². The van der Waals surface area contributed by atoms with Crippen molar-refractivity contribution in [3.8, 4) is 5.69 Å². The SMILES string of the molecule is CSc1cc(N)nn1-c1ccc(Cl)cc1. The number of thioether (sulfide) groups is 1. The van der Waals surface area contributed by atoms with Gasteiger partial charge in [0.15, 0.2) is 0 Å². The van der Waals surface area contributed by atoms with Crippen LogP contribution in [-0.4, -0.2) is 16.0 Å². The van der Waals surface area contributed by atoms with Gasteiger partial charge in [-0.05, 0) is 30.5 Å². The standard InChI is InChI=1S/C10H10ClN3S/c1-15-10-6-9(12)13-14(10)8-4-2-7(11)3-5-8/h2-6H,1H3,(H2,12,13). The minimum atomic E-state index is 0.522. The summed E-state index contributed by atoms with van der Waals surface area (Å²) in [7, 11) is 0. The summed E-state index contributed by atoms with van der Waals surface area (Å²) in [5.74, 6) is 0.522. The lowest BCUT2D eigenvalue weighted by molar-refractivity contribution is 0.808. The van der Waals surface area contributed by atoms with Gasteiger partial charge in [0.2, 0.25) is 0 Å².